The first-order chi connectivity index (χ1) is 9.69. The minimum absolute atomic E-state index is 0.116. The van der Waals surface area contributed by atoms with Crippen molar-refractivity contribution < 1.29 is 9.66 Å². The second-order valence-corrected chi connectivity index (χ2v) is 4.38. The van der Waals surface area contributed by atoms with Gasteiger partial charge in [-0.3, -0.25) is 10.1 Å². The number of nitrogens with zero attached hydrogens (tertiary/aromatic N) is 1. The van der Waals surface area contributed by atoms with Crippen LogP contribution in [0.15, 0.2) is 48.5 Å². The van der Waals surface area contributed by atoms with Gasteiger partial charge in [0.15, 0.2) is 0 Å². The predicted octanol–water partition coefficient (Wildman–Crippen LogP) is 2.89. The molecule has 0 saturated heterocycles. The maximum absolute atomic E-state index is 10.7. The quantitative estimate of drug-likeness (QED) is 0.648. The topological polar surface area (TPSA) is 64.4 Å². The van der Waals surface area contributed by atoms with Crippen molar-refractivity contribution in [1.29, 1.82) is 0 Å². The molecule has 2 aromatic rings. The molecule has 0 aromatic heterocycles. The SMILES string of the molecule is COc1cccc(CNCc2cccc([N+](=O)[O-])c2)c1. The Bertz CT molecular complexity index is 599. The van der Waals surface area contributed by atoms with Crippen molar-refractivity contribution in [2.24, 2.45) is 0 Å². The van der Waals surface area contributed by atoms with E-state index in [1.165, 1.54) is 6.07 Å². The number of hydrogen-bond acceptors (Lipinski definition) is 4. The summed E-state index contributed by atoms with van der Waals surface area (Å²) in [7, 11) is 1.63. The molecular formula is C15H16N2O3. The lowest BCUT2D eigenvalue weighted by Gasteiger charge is -2.07. The van der Waals surface area contributed by atoms with Crippen LogP contribution in [0.4, 0.5) is 5.69 Å². The van der Waals surface area contributed by atoms with Crippen LogP contribution in [0, 0.1) is 10.1 Å². The minimum atomic E-state index is -0.383. The molecule has 0 aliphatic heterocycles. The van der Waals surface area contributed by atoms with Crippen LogP contribution >= 0.6 is 0 Å². The average Bonchev–Trinajstić information content (AvgIpc) is 2.48. The molecule has 0 unspecified atom stereocenters. The summed E-state index contributed by atoms with van der Waals surface area (Å²) in [4.78, 5) is 10.3. The minimum Gasteiger partial charge on any atom is -0.497 e. The Kier molecular flexibility index (Phi) is 4.68. The van der Waals surface area contributed by atoms with Gasteiger partial charge >= 0.3 is 0 Å². The van der Waals surface area contributed by atoms with E-state index in [2.05, 4.69) is 5.32 Å². The van der Waals surface area contributed by atoms with Gasteiger partial charge in [-0.05, 0) is 23.3 Å². The Morgan fingerprint density at radius 1 is 1.10 bits per heavy atom. The van der Waals surface area contributed by atoms with E-state index in [1.807, 2.05) is 30.3 Å². The summed E-state index contributed by atoms with van der Waals surface area (Å²) in [6.07, 6.45) is 0. The van der Waals surface area contributed by atoms with Crippen LogP contribution in [0.1, 0.15) is 11.1 Å². The van der Waals surface area contributed by atoms with Crippen molar-refractivity contribution in [2.45, 2.75) is 13.1 Å². The summed E-state index contributed by atoms with van der Waals surface area (Å²) in [5, 5.41) is 13.9. The van der Waals surface area contributed by atoms with Gasteiger partial charge in [0.25, 0.3) is 5.69 Å². The highest BCUT2D eigenvalue weighted by Gasteiger charge is 2.05. The van der Waals surface area contributed by atoms with Crippen LogP contribution in [0.3, 0.4) is 0 Å². The number of nitro benzene ring substituents is 1. The van der Waals surface area contributed by atoms with Gasteiger partial charge in [0.05, 0.1) is 12.0 Å². The zero-order valence-corrected chi connectivity index (χ0v) is 11.2. The van der Waals surface area contributed by atoms with E-state index in [9.17, 15) is 10.1 Å². The van der Waals surface area contributed by atoms with E-state index in [-0.39, 0.29) is 10.6 Å². The Morgan fingerprint density at radius 3 is 2.40 bits per heavy atom. The lowest BCUT2D eigenvalue weighted by atomic mass is 10.2. The fourth-order valence-electron chi connectivity index (χ4n) is 1.91. The maximum Gasteiger partial charge on any atom is 0.269 e. The van der Waals surface area contributed by atoms with Crippen molar-refractivity contribution in [3.05, 3.63) is 69.8 Å². The molecule has 0 heterocycles. The van der Waals surface area contributed by atoms with Crippen LogP contribution < -0.4 is 10.1 Å². The van der Waals surface area contributed by atoms with Gasteiger partial charge in [0.1, 0.15) is 5.75 Å². The van der Waals surface area contributed by atoms with Gasteiger partial charge in [0.2, 0.25) is 0 Å². The van der Waals surface area contributed by atoms with Crippen LogP contribution in [0.25, 0.3) is 0 Å². The molecule has 5 heteroatoms. The van der Waals surface area contributed by atoms with E-state index in [0.29, 0.717) is 13.1 Å². The first-order valence-corrected chi connectivity index (χ1v) is 6.26. The Morgan fingerprint density at radius 2 is 1.75 bits per heavy atom. The first-order valence-electron chi connectivity index (χ1n) is 6.26. The molecule has 0 aliphatic rings. The average molecular weight is 272 g/mol. The molecule has 2 aromatic carbocycles. The van der Waals surface area contributed by atoms with Crippen molar-refractivity contribution in [3.63, 3.8) is 0 Å². The van der Waals surface area contributed by atoms with E-state index in [4.69, 9.17) is 4.74 Å². The molecule has 1 N–H and O–H groups in total. The highest BCUT2D eigenvalue weighted by Crippen LogP contribution is 2.14. The lowest BCUT2D eigenvalue weighted by Crippen LogP contribution is -2.12. The molecule has 2 rings (SSSR count). The van der Waals surface area contributed by atoms with Crippen LogP contribution in [-0.2, 0) is 13.1 Å². The van der Waals surface area contributed by atoms with Gasteiger partial charge in [-0.25, -0.2) is 0 Å². The standard InChI is InChI=1S/C15H16N2O3/c1-20-15-7-3-5-13(9-15)11-16-10-12-4-2-6-14(8-12)17(18)19/h2-9,16H,10-11H2,1H3. The normalized spacial score (nSPS) is 10.2. The molecule has 0 fully saturated rings. The number of nitro groups is 1. The predicted molar refractivity (Wildman–Crippen MR) is 76.6 cm³/mol. The third-order valence-corrected chi connectivity index (χ3v) is 2.91. The number of hydrogen-bond donors (Lipinski definition) is 1. The third kappa shape index (κ3) is 3.80. The number of methoxy groups -OCH3 is 1. The van der Waals surface area contributed by atoms with Gasteiger partial charge < -0.3 is 10.1 Å². The van der Waals surface area contributed by atoms with Crippen molar-refractivity contribution in [2.75, 3.05) is 7.11 Å². The Balaban J connectivity index is 1.92. The first kappa shape index (κ1) is 14.0. The second kappa shape index (κ2) is 6.68. The van der Waals surface area contributed by atoms with Crippen molar-refractivity contribution in [3.8, 4) is 5.75 Å². The molecule has 104 valence electrons. The summed E-state index contributed by atoms with van der Waals surface area (Å²) in [6.45, 7) is 1.26. The van der Waals surface area contributed by atoms with Gasteiger partial charge in [0, 0.05) is 25.2 Å². The molecule has 0 radical (unpaired) electrons. The molecule has 0 aliphatic carbocycles. The summed E-state index contributed by atoms with van der Waals surface area (Å²) < 4.78 is 5.16. The fraction of sp³-hybridized carbons (Fsp3) is 0.200. The van der Waals surface area contributed by atoms with Gasteiger partial charge in [-0.15, -0.1) is 0 Å². The summed E-state index contributed by atoms with van der Waals surface area (Å²) >= 11 is 0. The summed E-state index contributed by atoms with van der Waals surface area (Å²) in [5.41, 5.74) is 2.11. The summed E-state index contributed by atoms with van der Waals surface area (Å²) in [5.74, 6) is 0.819. The van der Waals surface area contributed by atoms with E-state index in [1.54, 1.807) is 19.2 Å². The zero-order chi connectivity index (χ0) is 14.4. The summed E-state index contributed by atoms with van der Waals surface area (Å²) in [6, 6.07) is 14.4. The van der Waals surface area contributed by atoms with Crippen LogP contribution in [0.5, 0.6) is 5.75 Å². The van der Waals surface area contributed by atoms with Crippen molar-refractivity contribution in [1.82, 2.24) is 5.32 Å². The van der Waals surface area contributed by atoms with Crippen LogP contribution in [0.2, 0.25) is 0 Å². The number of ether oxygens (including phenoxy) is 1. The van der Waals surface area contributed by atoms with Gasteiger partial charge in [-0.1, -0.05) is 24.3 Å². The lowest BCUT2D eigenvalue weighted by molar-refractivity contribution is -0.384. The second-order valence-electron chi connectivity index (χ2n) is 4.38. The molecule has 0 bridgehead atoms. The molecule has 0 amide bonds. The van der Waals surface area contributed by atoms with E-state index < -0.39 is 0 Å². The van der Waals surface area contributed by atoms with Crippen LogP contribution in [-0.4, -0.2) is 12.0 Å². The number of nitrogens with one attached hydrogen (secondary N) is 1. The molecule has 0 saturated carbocycles. The Hall–Kier alpha value is -2.40. The maximum atomic E-state index is 10.7. The zero-order valence-electron chi connectivity index (χ0n) is 11.2. The highest BCUT2D eigenvalue weighted by molar-refractivity contribution is 5.34. The molecule has 0 atom stereocenters. The molecule has 5 nitrogen and oxygen atoms in total. The van der Waals surface area contributed by atoms with E-state index in [0.717, 1.165) is 16.9 Å². The van der Waals surface area contributed by atoms with Crippen molar-refractivity contribution >= 4 is 5.69 Å². The van der Waals surface area contributed by atoms with Gasteiger partial charge in [-0.2, -0.15) is 0 Å². The van der Waals surface area contributed by atoms with E-state index >= 15 is 0 Å². The Labute approximate surface area is 117 Å². The monoisotopic (exact) mass is 272 g/mol. The third-order valence-electron chi connectivity index (χ3n) is 2.91. The smallest absolute Gasteiger partial charge is 0.269 e. The fourth-order valence-corrected chi connectivity index (χ4v) is 1.91. The number of benzene rings is 2. The molecular weight excluding hydrogens is 256 g/mol. The number of rotatable bonds is 6. The largest absolute Gasteiger partial charge is 0.497 e. The number of non-ortho nitro benzene ring substituents is 1. The highest BCUT2D eigenvalue weighted by atomic mass is 16.6. The molecule has 20 heavy (non-hydrogen) atoms. The molecule has 0 spiro atoms.